The molecule has 4 nitrogen and oxygen atoms in total. The number of rotatable bonds is 7. The van der Waals surface area contributed by atoms with E-state index in [9.17, 15) is 18.0 Å². The summed E-state index contributed by atoms with van der Waals surface area (Å²) in [6.07, 6.45) is -4.46. The number of carboxylic acid groups (broad SMARTS) is 1. The Hall–Kier alpha value is -3.23. The maximum Gasteiger partial charge on any atom is 0.417 e. The average molecular weight is 456 g/mol. The van der Waals surface area contributed by atoms with E-state index < -0.39 is 17.7 Å². The van der Waals surface area contributed by atoms with Crippen molar-refractivity contribution in [1.29, 1.82) is 0 Å². The fourth-order valence-corrected chi connectivity index (χ4v) is 4.36. The number of alkyl halides is 3. The van der Waals surface area contributed by atoms with Crippen LogP contribution in [-0.4, -0.2) is 22.6 Å². The van der Waals surface area contributed by atoms with E-state index in [-0.39, 0.29) is 12.0 Å². The zero-order valence-corrected chi connectivity index (χ0v) is 17.6. The van der Waals surface area contributed by atoms with Crippen molar-refractivity contribution in [2.24, 2.45) is 0 Å². The van der Waals surface area contributed by atoms with Crippen molar-refractivity contribution >= 4 is 27.5 Å². The number of nitrogens with zero attached hydrogens (tertiary/aromatic N) is 1. The molecular formula is C24H19F3N2O2S. The summed E-state index contributed by atoms with van der Waals surface area (Å²) < 4.78 is 42.3. The van der Waals surface area contributed by atoms with Crippen molar-refractivity contribution in [1.82, 2.24) is 10.3 Å². The predicted molar refractivity (Wildman–Crippen MR) is 119 cm³/mol. The van der Waals surface area contributed by atoms with Crippen LogP contribution >= 0.6 is 11.3 Å². The van der Waals surface area contributed by atoms with Crippen LogP contribution in [0.5, 0.6) is 0 Å². The molecule has 0 fully saturated rings. The van der Waals surface area contributed by atoms with Gasteiger partial charge in [-0.15, -0.1) is 11.3 Å². The lowest BCUT2D eigenvalue weighted by atomic mass is 9.97. The van der Waals surface area contributed by atoms with Crippen molar-refractivity contribution in [3.05, 3.63) is 77.9 Å². The molecule has 32 heavy (non-hydrogen) atoms. The van der Waals surface area contributed by atoms with E-state index in [4.69, 9.17) is 5.11 Å². The number of carbonyl (C=O) groups is 1. The van der Waals surface area contributed by atoms with Gasteiger partial charge < -0.3 is 10.4 Å². The Bertz CT molecular complexity index is 1250. The molecule has 0 amide bonds. The Morgan fingerprint density at radius 3 is 2.50 bits per heavy atom. The summed E-state index contributed by atoms with van der Waals surface area (Å²) in [5, 5.41) is 12.3. The molecule has 4 aromatic rings. The van der Waals surface area contributed by atoms with Gasteiger partial charge in [-0.3, -0.25) is 4.79 Å². The first-order valence-corrected chi connectivity index (χ1v) is 10.7. The van der Waals surface area contributed by atoms with Crippen LogP contribution in [0.15, 0.2) is 66.7 Å². The molecule has 3 aromatic carbocycles. The van der Waals surface area contributed by atoms with Gasteiger partial charge in [0.2, 0.25) is 0 Å². The first kappa shape index (κ1) is 22.0. The summed E-state index contributed by atoms with van der Waals surface area (Å²) >= 11 is 1.34. The Labute approximate surface area is 186 Å². The number of aliphatic carboxylic acids is 1. The number of carboxylic acids is 1. The number of nitrogens with one attached hydrogen (secondary N) is 1. The summed E-state index contributed by atoms with van der Waals surface area (Å²) in [5.74, 6) is -0.867. The SMILES string of the molecule is O=C(O)CCNCc1ccc2sc(-c3ccc(-c4ccccc4)c(C(F)(F)F)c3)nc2c1. The minimum absolute atomic E-state index is 0.0314. The topological polar surface area (TPSA) is 62.2 Å². The lowest BCUT2D eigenvalue weighted by Crippen LogP contribution is -2.17. The van der Waals surface area contributed by atoms with Crippen LogP contribution in [-0.2, 0) is 17.5 Å². The lowest BCUT2D eigenvalue weighted by molar-refractivity contribution is -0.137. The lowest BCUT2D eigenvalue weighted by Gasteiger charge is -2.14. The zero-order chi connectivity index (χ0) is 22.7. The fourth-order valence-electron chi connectivity index (χ4n) is 3.42. The standard InChI is InChI=1S/C24H19F3N2O2S/c25-24(26,27)19-13-17(7-8-18(19)16-4-2-1-3-5-16)23-29-20-12-15(6-9-21(20)32-23)14-28-11-10-22(30)31/h1-9,12-13,28H,10-11,14H2,(H,30,31). The van der Waals surface area contributed by atoms with E-state index in [1.54, 1.807) is 36.4 Å². The molecule has 0 unspecified atom stereocenters. The van der Waals surface area contributed by atoms with Crippen LogP contribution < -0.4 is 5.32 Å². The third-order valence-electron chi connectivity index (χ3n) is 4.95. The number of hydrogen-bond donors (Lipinski definition) is 2. The highest BCUT2D eigenvalue weighted by molar-refractivity contribution is 7.21. The van der Waals surface area contributed by atoms with Crippen molar-refractivity contribution in [2.45, 2.75) is 19.1 Å². The quantitative estimate of drug-likeness (QED) is 0.325. The van der Waals surface area contributed by atoms with Crippen molar-refractivity contribution in [2.75, 3.05) is 6.54 Å². The average Bonchev–Trinajstić information content (AvgIpc) is 3.20. The van der Waals surface area contributed by atoms with Gasteiger partial charge in [0.25, 0.3) is 0 Å². The summed E-state index contributed by atoms with van der Waals surface area (Å²) in [6.45, 7) is 0.837. The molecule has 164 valence electrons. The maximum atomic E-state index is 13.8. The Kier molecular flexibility index (Phi) is 6.25. The minimum atomic E-state index is -4.49. The van der Waals surface area contributed by atoms with Gasteiger partial charge in [0.05, 0.1) is 22.2 Å². The molecule has 8 heteroatoms. The van der Waals surface area contributed by atoms with Crippen LogP contribution in [0.1, 0.15) is 17.5 Å². The normalized spacial score (nSPS) is 11.7. The minimum Gasteiger partial charge on any atom is -0.481 e. The highest BCUT2D eigenvalue weighted by Gasteiger charge is 2.34. The molecule has 0 aliphatic heterocycles. The molecule has 1 aromatic heterocycles. The van der Waals surface area contributed by atoms with Crippen LogP contribution in [0.2, 0.25) is 0 Å². The maximum absolute atomic E-state index is 13.8. The summed E-state index contributed by atoms with van der Waals surface area (Å²) in [5.41, 5.74) is 2.00. The zero-order valence-electron chi connectivity index (χ0n) is 16.8. The van der Waals surface area contributed by atoms with Crippen molar-refractivity contribution in [3.63, 3.8) is 0 Å². The van der Waals surface area contributed by atoms with Crippen molar-refractivity contribution < 1.29 is 23.1 Å². The van der Waals surface area contributed by atoms with Gasteiger partial charge in [0.1, 0.15) is 5.01 Å². The van der Waals surface area contributed by atoms with Gasteiger partial charge in [-0.25, -0.2) is 4.98 Å². The van der Waals surface area contributed by atoms with Gasteiger partial charge in [0, 0.05) is 18.7 Å². The second kappa shape index (κ2) is 9.10. The molecule has 0 saturated heterocycles. The first-order valence-electron chi connectivity index (χ1n) is 9.90. The van der Waals surface area contributed by atoms with E-state index in [2.05, 4.69) is 10.3 Å². The molecule has 0 saturated carbocycles. The molecule has 4 rings (SSSR count). The van der Waals surface area contributed by atoms with Gasteiger partial charge in [-0.1, -0.05) is 48.5 Å². The Morgan fingerprint density at radius 2 is 1.78 bits per heavy atom. The Balaban J connectivity index is 1.64. The molecule has 0 radical (unpaired) electrons. The first-order chi connectivity index (χ1) is 15.3. The van der Waals surface area contributed by atoms with Crippen LogP contribution in [0.4, 0.5) is 13.2 Å². The number of benzene rings is 3. The van der Waals surface area contributed by atoms with Gasteiger partial charge in [-0.05, 0) is 34.9 Å². The molecule has 1 heterocycles. The van der Waals surface area contributed by atoms with Gasteiger partial charge in [0.15, 0.2) is 0 Å². The number of fused-ring (bicyclic) bond motifs is 1. The Morgan fingerprint density at radius 1 is 1.00 bits per heavy atom. The second-order valence-corrected chi connectivity index (χ2v) is 8.30. The van der Waals surface area contributed by atoms with Gasteiger partial charge in [-0.2, -0.15) is 13.2 Å². The molecule has 0 aliphatic rings. The largest absolute Gasteiger partial charge is 0.481 e. The second-order valence-electron chi connectivity index (χ2n) is 7.27. The van der Waals surface area contributed by atoms with Crippen LogP contribution in [0, 0.1) is 0 Å². The molecule has 0 aliphatic carbocycles. The summed E-state index contributed by atoms with van der Waals surface area (Å²) in [6, 6.07) is 18.5. The highest BCUT2D eigenvalue weighted by atomic mass is 32.1. The molecule has 2 N–H and O–H groups in total. The van der Waals surface area contributed by atoms with E-state index in [1.807, 2.05) is 18.2 Å². The number of aromatic nitrogens is 1. The van der Waals surface area contributed by atoms with Crippen LogP contribution in [0.3, 0.4) is 0 Å². The third-order valence-corrected chi connectivity index (χ3v) is 6.04. The smallest absolute Gasteiger partial charge is 0.417 e. The van der Waals surface area contributed by atoms with E-state index >= 15 is 0 Å². The number of halogens is 3. The number of thiazole rings is 1. The molecule has 0 spiro atoms. The molecular weight excluding hydrogens is 437 g/mol. The third kappa shape index (κ3) is 4.98. The molecule has 0 atom stereocenters. The summed E-state index contributed by atoms with van der Waals surface area (Å²) in [7, 11) is 0. The van der Waals surface area contributed by atoms with E-state index in [1.165, 1.54) is 17.4 Å². The van der Waals surface area contributed by atoms with Crippen molar-refractivity contribution in [3.8, 4) is 21.7 Å². The van der Waals surface area contributed by atoms with Crippen LogP contribution in [0.25, 0.3) is 31.9 Å². The fraction of sp³-hybridized carbons (Fsp3) is 0.167. The van der Waals surface area contributed by atoms with E-state index in [0.717, 1.165) is 16.3 Å². The summed E-state index contributed by atoms with van der Waals surface area (Å²) in [4.78, 5) is 15.1. The van der Waals surface area contributed by atoms with Gasteiger partial charge >= 0.3 is 12.1 Å². The predicted octanol–water partition coefficient (Wildman–Crippen LogP) is 6.21. The highest BCUT2D eigenvalue weighted by Crippen LogP contribution is 2.40. The number of hydrogen-bond acceptors (Lipinski definition) is 4. The van der Waals surface area contributed by atoms with E-state index in [0.29, 0.717) is 34.7 Å². The molecule has 0 bridgehead atoms. The monoisotopic (exact) mass is 456 g/mol.